The number of benzene rings is 2. The van der Waals surface area contributed by atoms with Crippen molar-refractivity contribution in [3.63, 3.8) is 0 Å². The Morgan fingerprint density at radius 2 is 1.68 bits per heavy atom. The molecule has 0 aliphatic heterocycles. The van der Waals surface area contributed by atoms with E-state index in [-0.39, 0.29) is 12.5 Å². The minimum absolute atomic E-state index is 0.273. The molecule has 3 aromatic rings. The van der Waals surface area contributed by atoms with Crippen molar-refractivity contribution in [3.8, 4) is 28.5 Å². The fourth-order valence-electron chi connectivity index (χ4n) is 2.91. The number of nitrogens with one attached hydrogen (secondary N) is 1. The van der Waals surface area contributed by atoms with E-state index in [1.54, 1.807) is 12.1 Å². The van der Waals surface area contributed by atoms with E-state index in [9.17, 15) is 4.79 Å². The molecule has 0 saturated heterocycles. The Bertz CT molecular complexity index is 941. The maximum atomic E-state index is 12.7. The summed E-state index contributed by atoms with van der Waals surface area (Å²) >= 11 is 0. The second-order valence-corrected chi connectivity index (χ2v) is 6.03. The second-order valence-electron chi connectivity index (χ2n) is 6.03. The molecule has 1 amide bonds. The zero-order valence-electron chi connectivity index (χ0n) is 16.2. The van der Waals surface area contributed by atoms with Crippen molar-refractivity contribution >= 4 is 5.91 Å². The summed E-state index contributed by atoms with van der Waals surface area (Å²) in [6, 6.07) is 12.9. The fraction of sp³-hybridized carbons (Fsp3) is 0.238. The van der Waals surface area contributed by atoms with Gasteiger partial charge in [-0.1, -0.05) is 35.5 Å². The van der Waals surface area contributed by atoms with E-state index in [0.29, 0.717) is 34.3 Å². The molecule has 0 saturated carbocycles. The number of ether oxygens (including phenoxy) is 3. The Balaban J connectivity index is 1.83. The van der Waals surface area contributed by atoms with Gasteiger partial charge >= 0.3 is 0 Å². The number of carbonyl (C=O) groups is 1. The van der Waals surface area contributed by atoms with Crippen molar-refractivity contribution in [2.75, 3.05) is 21.3 Å². The fourth-order valence-corrected chi connectivity index (χ4v) is 2.91. The number of hydrogen-bond acceptors (Lipinski definition) is 6. The highest BCUT2D eigenvalue weighted by atomic mass is 16.5. The average molecular weight is 382 g/mol. The van der Waals surface area contributed by atoms with Gasteiger partial charge in [-0.15, -0.1) is 0 Å². The molecule has 0 radical (unpaired) electrons. The first-order valence-electron chi connectivity index (χ1n) is 8.67. The maximum Gasteiger partial charge on any atom is 0.251 e. The molecular weight excluding hydrogens is 360 g/mol. The summed E-state index contributed by atoms with van der Waals surface area (Å²) in [5.74, 6) is 1.64. The third-order valence-electron chi connectivity index (χ3n) is 4.38. The van der Waals surface area contributed by atoms with Crippen LogP contribution in [0.4, 0.5) is 0 Å². The molecule has 0 fully saturated rings. The monoisotopic (exact) mass is 382 g/mol. The lowest BCUT2D eigenvalue weighted by Gasteiger charge is -2.14. The van der Waals surface area contributed by atoms with Crippen molar-refractivity contribution < 1.29 is 23.5 Å². The molecule has 0 unspecified atom stereocenters. The van der Waals surface area contributed by atoms with Crippen molar-refractivity contribution in [1.29, 1.82) is 0 Å². The van der Waals surface area contributed by atoms with Crippen LogP contribution in [0, 0.1) is 6.92 Å². The molecule has 2 aromatic carbocycles. The van der Waals surface area contributed by atoms with Crippen LogP contribution in [0.5, 0.6) is 17.2 Å². The van der Waals surface area contributed by atoms with Gasteiger partial charge < -0.3 is 24.1 Å². The van der Waals surface area contributed by atoms with Gasteiger partial charge in [-0.3, -0.25) is 4.79 Å². The van der Waals surface area contributed by atoms with E-state index in [4.69, 9.17) is 18.7 Å². The van der Waals surface area contributed by atoms with Gasteiger partial charge in [0, 0.05) is 23.2 Å². The van der Waals surface area contributed by atoms with Gasteiger partial charge in [0.05, 0.1) is 21.3 Å². The molecule has 28 heavy (non-hydrogen) atoms. The smallest absolute Gasteiger partial charge is 0.251 e. The predicted octanol–water partition coefficient (Wildman–Crippen LogP) is 3.61. The van der Waals surface area contributed by atoms with E-state index in [0.717, 1.165) is 11.1 Å². The number of aromatic nitrogens is 1. The van der Waals surface area contributed by atoms with Crippen LogP contribution in [0.15, 0.2) is 47.0 Å². The van der Waals surface area contributed by atoms with Gasteiger partial charge in [-0.25, -0.2) is 0 Å². The van der Waals surface area contributed by atoms with E-state index < -0.39 is 0 Å². The number of aryl methyl sites for hydroxylation is 1. The van der Waals surface area contributed by atoms with E-state index in [1.807, 2.05) is 37.3 Å². The largest absolute Gasteiger partial charge is 0.493 e. The zero-order valence-corrected chi connectivity index (χ0v) is 16.2. The molecule has 146 valence electrons. The van der Waals surface area contributed by atoms with Crippen molar-refractivity contribution in [2.45, 2.75) is 13.5 Å². The predicted molar refractivity (Wildman–Crippen MR) is 104 cm³/mol. The topological polar surface area (TPSA) is 82.8 Å². The highest BCUT2D eigenvalue weighted by Crippen LogP contribution is 2.38. The number of amides is 1. The molecular formula is C21H22N2O5. The summed E-state index contributed by atoms with van der Waals surface area (Å²) in [4.78, 5) is 12.7. The second kappa shape index (κ2) is 8.47. The minimum Gasteiger partial charge on any atom is -0.493 e. The summed E-state index contributed by atoms with van der Waals surface area (Å²) < 4.78 is 21.2. The van der Waals surface area contributed by atoms with E-state index >= 15 is 0 Å². The normalized spacial score (nSPS) is 10.4. The van der Waals surface area contributed by atoms with Crippen LogP contribution in [0.3, 0.4) is 0 Å². The third kappa shape index (κ3) is 3.78. The Morgan fingerprint density at radius 1 is 1.04 bits per heavy atom. The van der Waals surface area contributed by atoms with Crippen molar-refractivity contribution in [3.05, 3.63) is 59.4 Å². The number of rotatable bonds is 7. The molecule has 3 rings (SSSR count). The Kier molecular flexibility index (Phi) is 5.84. The molecule has 0 bridgehead atoms. The minimum atomic E-state index is -0.279. The molecule has 0 atom stereocenters. The Morgan fingerprint density at radius 3 is 2.25 bits per heavy atom. The van der Waals surface area contributed by atoms with E-state index in [2.05, 4.69) is 10.5 Å². The first-order chi connectivity index (χ1) is 13.6. The highest BCUT2D eigenvalue weighted by Gasteiger charge is 2.19. The molecule has 0 aliphatic rings. The zero-order chi connectivity index (χ0) is 20.1. The first kappa shape index (κ1) is 19.3. The van der Waals surface area contributed by atoms with Crippen LogP contribution in [0.25, 0.3) is 11.3 Å². The summed E-state index contributed by atoms with van der Waals surface area (Å²) in [6.45, 7) is 2.09. The molecule has 0 spiro atoms. The first-order valence-corrected chi connectivity index (χ1v) is 8.67. The Hall–Kier alpha value is -3.48. The summed E-state index contributed by atoms with van der Waals surface area (Å²) in [6.07, 6.45) is 0. The van der Waals surface area contributed by atoms with Crippen LogP contribution < -0.4 is 19.5 Å². The van der Waals surface area contributed by atoms with Gasteiger partial charge in [0.15, 0.2) is 11.5 Å². The van der Waals surface area contributed by atoms with Crippen LogP contribution >= 0.6 is 0 Å². The quantitative estimate of drug-likeness (QED) is 0.672. The SMILES string of the molecule is COc1cc(C(=O)NCc2c(-c3ccccc3)noc2C)cc(OC)c1OC. The molecule has 1 heterocycles. The molecule has 0 aliphatic carbocycles. The Labute approximate surface area is 163 Å². The maximum absolute atomic E-state index is 12.7. The lowest BCUT2D eigenvalue weighted by Crippen LogP contribution is -2.23. The van der Waals surface area contributed by atoms with Crippen LogP contribution in [0.1, 0.15) is 21.7 Å². The highest BCUT2D eigenvalue weighted by molar-refractivity contribution is 5.95. The third-order valence-corrected chi connectivity index (χ3v) is 4.38. The van der Waals surface area contributed by atoms with Crippen molar-refractivity contribution in [2.24, 2.45) is 0 Å². The average Bonchev–Trinajstić information content (AvgIpc) is 3.11. The molecule has 7 heteroatoms. The van der Waals surface area contributed by atoms with Gasteiger partial charge in [-0.2, -0.15) is 0 Å². The number of hydrogen-bond donors (Lipinski definition) is 1. The summed E-state index contributed by atoms with van der Waals surface area (Å²) in [7, 11) is 4.52. The van der Waals surface area contributed by atoms with Gasteiger partial charge in [0.2, 0.25) is 5.75 Å². The van der Waals surface area contributed by atoms with Gasteiger partial charge in [0.25, 0.3) is 5.91 Å². The van der Waals surface area contributed by atoms with Crippen LogP contribution in [-0.4, -0.2) is 32.4 Å². The van der Waals surface area contributed by atoms with Crippen LogP contribution in [-0.2, 0) is 6.54 Å². The standard InChI is InChI=1S/C21H22N2O5/c1-13-16(19(23-28-13)14-8-6-5-7-9-14)12-22-21(24)15-10-17(25-2)20(27-4)18(11-15)26-3/h5-11H,12H2,1-4H3,(H,22,24). The number of nitrogens with zero attached hydrogens (tertiary/aromatic N) is 1. The van der Waals surface area contributed by atoms with Crippen LogP contribution in [0.2, 0.25) is 0 Å². The molecule has 1 aromatic heterocycles. The molecule has 1 N–H and O–H groups in total. The summed E-state index contributed by atoms with van der Waals surface area (Å²) in [5, 5.41) is 7.03. The lowest BCUT2D eigenvalue weighted by atomic mass is 10.1. The van der Waals surface area contributed by atoms with Gasteiger partial charge in [0.1, 0.15) is 11.5 Å². The molecule has 7 nitrogen and oxygen atoms in total. The number of methoxy groups -OCH3 is 3. The van der Waals surface area contributed by atoms with Gasteiger partial charge in [-0.05, 0) is 19.1 Å². The van der Waals surface area contributed by atoms with Crippen molar-refractivity contribution in [1.82, 2.24) is 10.5 Å². The summed E-state index contributed by atoms with van der Waals surface area (Å²) in [5.41, 5.74) is 2.86. The number of carbonyl (C=O) groups excluding carboxylic acids is 1. The lowest BCUT2D eigenvalue weighted by molar-refractivity contribution is 0.0950. The van der Waals surface area contributed by atoms with E-state index in [1.165, 1.54) is 21.3 Å².